The van der Waals surface area contributed by atoms with Gasteiger partial charge in [0.25, 0.3) is 11.5 Å². The Hall–Kier alpha value is -4.52. The Morgan fingerprint density at radius 2 is 1.68 bits per heavy atom. The Bertz CT molecular complexity index is 1800. The molecule has 5 rings (SSSR count). The molecule has 3 aromatic rings. The van der Waals surface area contributed by atoms with Gasteiger partial charge in [-0.3, -0.25) is 23.9 Å². The van der Waals surface area contributed by atoms with Crippen molar-refractivity contribution < 1.29 is 23.9 Å². The second-order valence-electron chi connectivity index (χ2n) is 14.3. The van der Waals surface area contributed by atoms with Gasteiger partial charge in [0.1, 0.15) is 28.8 Å². The fraction of sp³-hybridized carbons (Fsp3) is 0.485. The van der Waals surface area contributed by atoms with E-state index in [2.05, 4.69) is 15.3 Å². The minimum atomic E-state index is -1.26. The van der Waals surface area contributed by atoms with Crippen molar-refractivity contribution in [2.75, 3.05) is 31.1 Å². The maximum Gasteiger partial charge on any atom is 0.332 e. The summed E-state index contributed by atoms with van der Waals surface area (Å²) in [5.41, 5.74) is -1.92. The predicted octanol–water partition coefficient (Wildman–Crippen LogP) is 3.61. The number of carbonyl (C=O) groups excluding carboxylic acids is 4. The topological polar surface area (TPSA) is 147 Å². The van der Waals surface area contributed by atoms with Gasteiger partial charge in [0.05, 0.1) is 6.20 Å². The van der Waals surface area contributed by atoms with E-state index in [1.165, 1.54) is 22.1 Å². The number of nitrogens with zero attached hydrogens (tertiary/aromatic N) is 6. The van der Waals surface area contributed by atoms with Crippen LogP contribution in [0, 0.1) is 5.41 Å². The molecule has 0 aliphatic carbocycles. The molecule has 14 heteroatoms. The summed E-state index contributed by atoms with van der Waals surface area (Å²) >= 11 is 5.97. The van der Waals surface area contributed by atoms with Gasteiger partial charge in [0.2, 0.25) is 5.91 Å². The molecule has 2 aliphatic heterocycles. The van der Waals surface area contributed by atoms with Crippen molar-refractivity contribution in [1.29, 1.82) is 0 Å². The quantitative estimate of drug-likeness (QED) is 0.359. The van der Waals surface area contributed by atoms with Crippen LogP contribution in [0.2, 0.25) is 5.02 Å². The molecule has 1 aromatic carbocycles. The van der Waals surface area contributed by atoms with E-state index in [4.69, 9.17) is 16.3 Å². The zero-order valence-electron chi connectivity index (χ0n) is 27.7. The van der Waals surface area contributed by atoms with Crippen LogP contribution in [0.25, 0.3) is 11.2 Å². The summed E-state index contributed by atoms with van der Waals surface area (Å²) in [7, 11) is 0. The Labute approximate surface area is 277 Å². The molecule has 2 aliphatic rings. The van der Waals surface area contributed by atoms with Crippen molar-refractivity contribution in [3.05, 3.63) is 63.0 Å². The van der Waals surface area contributed by atoms with Crippen LogP contribution >= 0.6 is 11.6 Å². The molecule has 2 saturated heterocycles. The number of pyridine rings is 1. The Morgan fingerprint density at radius 1 is 1.02 bits per heavy atom. The first kappa shape index (κ1) is 33.8. The lowest BCUT2D eigenvalue weighted by atomic mass is 9.84. The molecule has 0 radical (unpaired) electrons. The van der Waals surface area contributed by atoms with Gasteiger partial charge in [-0.05, 0) is 63.8 Å². The summed E-state index contributed by atoms with van der Waals surface area (Å²) in [5, 5.41) is 3.30. The number of halogens is 1. The van der Waals surface area contributed by atoms with Crippen LogP contribution in [0.4, 0.5) is 10.6 Å². The van der Waals surface area contributed by atoms with Crippen molar-refractivity contribution in [1.82, 2.24) is 29.7 Å². The highest BCUT2D eigenvalue weighted by atomic mass is 35.5. The molecule has 0 unspecified atom stereocenters. The number of likely N-dealkylation sites (tertiary alicyclic amines) is 1. The predicted molar refractivity (Wildman–Crippen MR) is 176 cm³/mol. The monoisotopic (exact) mass is 665 g/mol. The highest BCUT2D eigenvalue weighted by Crippen LogP contribution is 2.30. The number of hydrogen-bond donors (Lipinski definition) is 1. The van der Waals surface area contributed by atoms with Crippen LogP contribution in [-0.2, 0) is 27.4 Å². The van der Waals surface area contributed by atoms with Crippen LogP contribution < -0.4 is 15.8 Å². The van der Waals surface area contributed by atoms with Gasteiger partial charge in [0, 0.05) is 37.7 Å². The zero-order valence-corrected chi connectivity index (χ0v) is 28.5. The molecule has 4 amide bonds. The molecule has 0 spiro atoms. The van der Waals surface area contributed by atoms with Gasteiger partial charge < -0.3 is 19.9 Å². The normalized spacial score (nSPS) is 16.3. The van der Waals surface area contributed by atoms with E-state index < -0.39 is 34.6 Å². The molecule has 0 saturated carbocycles. The lowest BCUT2D eigenvalue weighted by molar-refractivity contribution is -0.165. The summed E-state index contributed by atoms with van der Waals surface area (Å²) < 4.78 is 6.71. The summed E-state index contributed by atoms with van der Waals surface area (Å²) in [5.74, 6) is -1.32. The lowest BCUT2D eigenvalue weighted by Crippen LogP contribution is -2.56. The van der Waals surface area contributed by atoms with E-state index in [1.54, 1.807) is 63.8 Å². The maximum atomic E-state index is 13.7. The molecule has 1 N–H and O–H groups in total. The first-order chi connectivity index (χ1) is 21.9. The number of urea groups is 1. The molecule has 2 aromatic heterocycles. The first-order valence-corrected chi connectivity index (χ1v) is 15.8. The van der Waals surface area contributed by atoms with Crippen LogP contribution in [0.1, 0.15) is 64.4 Å². The number of carbonyl (C=O) groups is 4. The van der Waals surface area contributed by atoms with Gasteiger partial charge in [-0.2, -0.15) is 0 Å². The first-order valence-electron chi connectivity index (χ1n) is 15.4. The van der Waals surface area contributed by atoms with Crippen molar-refractivity contribution in [3.8, 4) is 0 Å². The SMILES string of the molecule is CC1(C)CN(C(=O)Cn2c(=O)c(C(=O)NCc3ccc(Cl)cc3)cc3nc(N4CCN(C(C)(C)C(=O)OC(C)(C)C)C4=O)cnc32)C1. The summed E-state index contributed by atoms with van der Waals surface area (Å²) in [4.78, 5) is 80.4. The van der Waals surface area contributed by atoms with Gasteiger partial charge in [0.15, 0.2) is 11.5 Å². The van der Waals surface area contributed by atoms with Gasteiger partial charge in [-0.25, -0.2) is 19.6 Å². The number of fused-ring (bicyclic) bond motifs is 1. The van der Waals surface area contributed by atoms with Crippen molar-refractivity contribution >= 4 is 52.4 Å². The number of ether oxygens (including phenoxy) is 1. The summed E-state index contributed by atoms with van der Waals surface area (Å²) in [6.45, 7) is 13.9. The summed E-state index contributed by atoms with van der Waals surface area (Å²) in [6, 6.07) is 7.75. The molecule has 250 valence electrons. The van der Waals surface area contributed by atoms with Crippen molar-refractivity contribution in [2.24, 2.45) is 5.41 Å². The molecule has 47 heavy (non-hydrogen) atoms. The van der Waals surface area contributed by atoms with E-state index in [0.717, 1.165) is 10.1 Å². The molecule has 4 heterocycles. The highest BCUT2D eigenvalue weighted by molar-refractivity contribution is 6.30. The number of rotatable bonds is 8. The summed E-state index contributed by atoms with van der Waals surface area (Å²) in [6.07, 6.45) is 1.34. The minimum Gasteiger partial charge on any atom is -0.458 e. The average molecular weight is 666 g/mol. The van der Waals surface area contributed by atoms with Gasteiger partial charge in [-0.1, -0.05) is 37.6 Å². The largest absolute Gasteiger partial charge is 0.458 e. The number of benzene rings is 1. The third kappa shape index (κ3) is 7.09. The standard InChI is InChI=1S/C33H40ClN7O6/c1-31(2,3)47-29(45)33(6,7)41-13-12-39(30(41)46)24-16-35-26-23(37-24)14-22(27(43)36-15-20-8-10-21(34)11-9-20)28(44)40(26)17-25(42)38-18-32(4,5)19-38/h8-11,14,16H,12-13,15,17-19H2,1-7H3,(H,36,43). The second-order valence-corrected chi connectivity index (χ2v) is 14.7. The van der Waals surface area contributed by atoms with E-state index in [1.807, 2.05) is 13.8 Å². The van der Waals surface area contributed by atoms with Crippen LogP contribution in [0.5, 0.6) is 0 Å². The van der Waals surface area contributed by atoms with E-state index >= 15 is 0 Å². The third-order valence-electron chi connectivity index (χ3n) is 8.13. The highest BCUT2D eigenvalue weighted by Gasteiger charge is 2.46. The smallest absolute Gasteiger partial charge is 0.332 e. The van der Waals surface area contributed by atoms with E-state index in [0.29, 0.717) is 18.1 Å². The van der Waals surface area contributed by atoms with Crippen LogP contribution in [-0.4, -0.2) is 85.5 Å². The molecule has 2 fully saturated rings. The average Bonchev–Trinajstić information content (AvgIpc) is 3.37. The molecular weight excluding hydrogens is 626 g/mol. The number of nitrogens with one attached hydrogen (secondary N) is 1. The maximum absolute atomic E-state index is 13.7. The van der Waals surface area contributed by atoms with Crippen molar-refractivity contribution in [3.63, 3.8) is 0 Å². The number of esters is 1. The van der Waals surface area contributed by atoms with Gasteiger partial charge >= 0.3 is 12.0 Å². The van der Waals surface area contributed by atoms with Crippen molar-refractivity contribution in [2.45, 2.75) is 72.7 Å². The van der Waals surface area contributed by atoms with Crippen LogP contribution in [0.3, 0.4) is 0 Å². The second kappa shape index (κ2) is 12.3. The van der Waals surface area contributed by atoms with Crippen LogP contribution in [0.15, 0.2) is 41.3 Å². The Balaban J connectivity index is 1.47. The molecule has 0 atom stereocenters. The lowest BCUT2D eigenvalue weighted by Gasteiger charge is -2.45. The number of anilines is 1. The zero-order chi connectivity index (χ0) is 34.5. The van der Waals surface area contributed by atoms with E-state index in [-0.39, 0.29) is 60.0 Å². The third-order valence-corrected chi connectivity index (χ3v) is 8.38. The minimum absolute atomic E-state index is 0.0189. The molecule has 13 nitrogen and oxygen atoms in total. The fourth-order valence-electron chi connectivity index (χ4n) is 5.63. The van der Waals surface area contributed by atoms with E-state index in [9.17, 15) is 24.0 Å². The number of aromatic nitrogens is 3. The number of hydrogen-bond acceptors (Lipinski definition) is 8. The van der Waals surface area contributed by atoms with Gasteiger partial charge in [-0.15, -0.1) is 0 Å². The Morgan fingerprint density at radius 3 is 2.30 bits per heavy atom. The Kier molecular flexibility index (Phi) is 8.82. The molecule has 0 bridgehead atoms. The molecular formula is C33H40ClN7O6. The number of amides is 4. The fourth-order valence-corrected chi connectivity index (χ4v) is 5.76.